The standard InChI is InChI=1S/C13H8N2.C10H9NO.C10H9NS.3C10H8O2.2C10H8OS.3C10H8S2.2C2H6.11Y/c1-2-5-11-10(4-1)8-14-9-12(11)13-6-3-7-15-13;2*1-7-6-10(12-8(7)2)9-4-3-5-11-9;1-7-8(2)12-6-10(7)9-3-4-11-5-9;1-7-8(2)12-6-9(7)10-4-3-5-11-10;1-7-6-10(12-8(7)2)9-4-3-5-11-9;1-7-6-9(11-8(7)2)10-4-3-5-12-10;1-7-6-10(12-8(7)2)9-4-3-5-11-9;1-7-8(2)12-6-10(7)9-3-4-11-5-9;1-7-8(2)12-6-9(7)10-4-3-5-11-10;1-7-6-10(12-8(7)2)9-4-3-5-11-9;2*1-2;;;;;;;;;;;/h1-5,7-8,15H;2*3,5,11H,1-2H3;3-4H,1-2H3;4*3,5H,1-2H3;3-4H,1-2H3;2*3,5H,1-2H3;2*1-2H3;;;;;;;;;;;/q11*-2;;;;;;;;;;;;;. The van der Waals surface area contributed by atoms with Crippen LogP contribution in [0.25, 0.3) is 131 Å². The van der Waals surface area contributed by atoms with Crippen LogP contribution >= 0.6 is 102 Å². The largest absolute Gasteiger partial charge is 0.603 e. The molecule has 22 aromatic heterocycles. The summed E-state index contributed by atoms with van der Waals surface area (Å²) in [4.78, 5) is 26.9. The third kappa shape index (κ3) is 44.9. The first-order chi connectivity index (χ1) is 67.2. The minimum absolute atomic E-state index is 0. The zero-order valence-corrected chi connectivity index (χ0v) is 127. The molecule has 23 rings (SSSR count). The first-order valence-electron chi connectivity index (χ1n) is 44.2. The van der Waals surface area contributed by atoms with Crippen LogP contribution in [0.4, 0.5) is 0 Å². The molecule has 11 radical (unpaired) electrons. The van der Waals surface area contributed by atoms with Gasteiger partial charge in [0.1, 0.15) is 0 Å². The van der Waals surface area contributed by atoms with E-state index >= 15 is 0 Å². The maximum Gasteiger partial charge on any atom is 0 e. The van der Waals surface area contributed by atoms with Gasteiger partial charge in [0.05, 0.1) is 0 Å². The van der Waals surface area contributed by atoms with E-state index in [4.69, 9.17) is 39.8 Å². The number of fused-ring (bicyclic) bond motifs is 1. The van der Waals surface area contributed by atoms with Gasteiger partial charge in [-0.3, -0.25) is 56.7 Å². The van der Waals surface area contributed by atoms with Crippen LogP contribution in [0.1, 0.15) is 137 Å². The summed E-state index contributed by atoms with van der Waals surface area (Å²) in [6, 6.07) is 75.4. The number of aromatic amines is 3. The molecule has 22 heterocycles. The summed E-state index contributed by atoms with van der Waals surface area (Å²) < 4.78 is 46.9. The van der Waals surface area contributed by atoms with Gasteiger partial charge in [0.15, 0.2) is 0 Å². The molecular formula is C117H102N4O9S9Y11-22. The van der Waals surface area contributed by atoms with E-state index in [1.807, 2.05) is 193 Å². The fraction of sp³-hybridized carbons (Fsp3) is 0.205. The Morgan fingerprint density at radius 2 is 0.733 bits per heavy atom. The van der Waals surface area contributed by atoms with Crippen molar-refractivity contribution in [2.75, 3.05) is 0 Å². The molecule has 150 heavy (non-hydrogen) atoms. The van der Waals surface area contributed by atoms with Crippen molar-refractivity contribution >= 4 is 113 Å². The number of nitrogens with one attached hydrogen (secondary N) is 3. The van der Waals surface area contributed by atoms with E-state index in [1.165, 1.54) is 83.5 Å². The maximum atomic E-state index is 5.48. The van der Waals surface area contributed by atoms with Gasteiger partial charge in [-0.25, -0.2) is 113 Å². The average Bonchev–Trinajstić information content (AvgIpc) is 1.79. The first kappa shape index (κ1) is 149. The monoisotopic (exact) mass is 2970 g/mol. The van der Waals surface area contributed by atoms with Crippen molar-refractivity contribution in [2.24, 2.45) is 0 Å². The normalized spacial score (nSPS) is 9.55. The molecular weight excluding hydrogens is 2870 g/mol. The van der Waals surface area contributed by atoms with Gasteiger partial charge < -0.3 is 105 Å². The zero-order valence-electron chi connectivity index (χ0n) is 88.2. The van der Waals surface area contributed by atoms with E-state index in [2.05, 4.69) is 244 Å². The molecule has 0 fully saturated rings. The minimum Gasteiger partial charge on any atom is -0.603 e. The van der Waals surface area contributed by atoms with E-state index in [9.17, 15) is 0 Å². The second-order valence-corrected chi connectivity index (χ2v) is 39.2. The fourth-order valence-corrected chi connectivity index (χ4v) is 19.0. The predicted octanol–water partition coefficient (Wildman–Crippen LogP) is 36.1. The summed E-state index contributed by atoms with van der Waals surface area (Å²) in [5.41, 5.74) is 21.8. The summed E-state index contributed by atoms with van der Waals surface area (Å²) in [5.74, 6) is 8.71. The van der Waals surface area contributed by atoms with Crippen LogP contribution in [0, 0.1) is 271 Å². The molecule has 0 saturated carbocycles. The van der Waals surface area contributed by atoms with Gasteiger partial charge in [-0.15, -0.1) is 121 Å². The molecule has 1 aromatic carbocycles. The minimum atomic E-state index is 0. The molecule has 0 aliphatic heterocycles. The molecule has 3 N–H and O–H groups in total. The van der Waals surface area contributed by atoms with Crippen molar-refractivity contribution in [1.82, 2.24) is 19.9 Å². The van der Waals surface area contributed by atoms with Crippen molar-refractivity contribution in [3.8, 4) is 120 Å². The number of thiophene rings is 9. The predicted molar refractivity (Wildman–Crippen MR) is 572 cm³/mol. The Morgan fingerprint density at radius 3 is 1.14 bits per heavy atom. The SMILES string of the molecule is CC.CC.Cc1[c-]c(-c2[c-]cc[nH]2)oc1C.Cc1[c-]c(-c2[c-]cc[nH]2)sc1C.Cc1[c-]c(-c2[c-]cco2)oc1C.Cc1[c-]c(-c2[c-]cco2)sc1C.Cc1[c-]c(-c2[c-]ccs2)oc1C.Cc1[c-]c(-c2[c-]ccs2)sc1C.Cc1o[c-]c(-c2[c-]cco2)c1C.Cc1o[c-]c(-c2[c-]occ2)c1C.Cc1s[c-]c(-c2[c-]ccs2)c1C.Cc1s[c-]c(-c2[c-]scc2)c1C.[Y].[Y].[Y].[Y].[Y].[Y].[Y].[Y].[Y].[Y].[Y].[c-]1cc[nH]c1-c1[c-]ncc2ccccc12. The van der Waals surface area contributed by atoms with Gasteiger partial charge in [0.2, 0.25) is 0 Å². The number of hydrogen-bond donors (Lipinski definition) is 3. The summed E-state index contributed by atoms with van der Waals surface area (Å²) in [5, 5.41) is 20.2. The molecule has 0 aliphatic carbocycles. The average molecular weight is 2970 g/mol. The van der Waals surface area contributed by atoms with Gasteiger partial charge >= 0.3 is 0 Å². The van der Waals surface area contributed by atoms with E-state index in [-0.39, 0.29) is 360 Å². The molecule has 0 amide bonds. The number of aryl methyl sites for hydroxylation is 16. The molecule has 0 unspecified atom stereocenters. The van der Waals surface area contributed by atoms with Crippen LogP contribution in [0.15, 0.2) is 202 Å². The number of nitrogens with zero attached hydrogens (tertiary/aromatic N) is 1. The maximum absolute atomic E-state index is 5.48. The number of rotatable bonds is 11. The Labute approximate surface area is 1200 Å². The van der Waals surface area contributed by atoms with E-state index < -0.39 is 0 Å². The summed E-state index contributed by atoms with van der Waals surface area (Å²) >= 11 is 15.3. The van der Waals surface area contributed by atoms with Crippen molar-refractivity contribution in [3.05, 3.63) is 403 Å². The number of aromatic nitrogens is 4. The molecule has 33 heteroatoms. The molecule has 23 aromatic rings. The molecule has 753 valence electrons. The molecule has 13 nitrogen and oxygen atoms in total. The third-order valence-electron chi connectivity index (χ3n) is 20.8. The van der Waals surface area contributed by atoms with Crippen LogP contribution < -0.4 is 0 Å². The molecule has 0 spiro atoms. The molecule has 0 atom stereocenters. The Bertz CT molecular complexity index is 6350. The summed E-state index contributed by atoms with van der Waals surface area (Å²) in [6.07, 6.45) is 25.1. The second-order valence-electron chi connectivity index (χ2n) is 30.0. The van der Waals surface area contributed by atoms with Crippen LogP contribution in [0.3, 0.4) is 0 Å². The quantitative estimate of drug-likeness (QED) is 0.106. The van der Waals surface area contributed by atoms with E-state index in [1.54, 1.807) is 145 Å². The van der Waals surface area contributed by atoms with E-state index in [0.717, 1.165) is 139 Å². The van der Waals surface area contributed by atoms with Gasteiger partial charge in [0, 0.05) is 360 Å². The van der Waals surface area contributed by atoms with E-state index in [0.29, 0.717) is 17.3 Å². The van der Waals surface area contributed by atoms with Crippen molar-refractivity contribution in [2.45, 2.75) is 166 Å². The van der Waals surface area contributed by atoms with Crippen molar-refractivity contribution in [3.63, 3.8) is 0 Å². The second kappa shape index (κ2) is 78.7. The summed E-state index contributed by atoms with van der Waals surface area (Å²) in [7, 11) is 0. The number of H-pyrrole nitrogens is 3. The number of hydrogen-bond acceptors (Lipinski definition) is 19. The zero-order chi connectivity index (χ0) is 99.6. The van der Waals surface area contributed by atoms with Gasteiger partial charge in [-0.1, -0.05) is 231 Å². The topological polar surface area (TPSA) is 179 Å². The Kier molecular flexibility index (Phi) is 78.4. The number of furan rings is 9. The smallest absolute Gasteiger partial charge is 0 e. The molecule has 0 aliphatic rings. The third-order valence-corrected chi connectivity index (χ3v) is 29.2. The number of benzene rings is 1. The van der Waals surface area contributed by atoms with Crippen molar-refractivity contribution in [1.29, 1.82) is 0 Å². The van der Waals surface area contributed by atoms with Crippen LogP contribution in [0.2, 0.25) is 0 Å². The Hall–Kier alpha value is -0.567. The van der Waals surface area contributed by atoms with Crippen LogP contribution in [0.5, 0.6) is 0 Å². The fourth-order valence-electron chi connectivity index (χ4n) is 12.0. The van der Waals surface area contributed by atoms with Gasteiger partial charge in [-0.05, 0) is 72.6 Å². The Morgan fingerprint density at radius 1 is 0.293 bits per heavy atom. The molecule has 0 bridgehead atoms. The van der Waals surface area contributed by atoms with Crippen LogP contribution in [-0.4, -0.2) is 19.9 Å². The van der Waals surface area contributed by atoms with Crippen LogP contribution in [-0.2, 0) is 360 Å². The van der Waals surface area contributed by atoms with Crippen molar-refractivity contribution < 1.29 is 400 Å². The Balaban J connectivity index is 0.00000161. The number of pyridine rings is 1. The van der Waals surface area contributed by atoms with Gasteiger partial charge in [0.25, 0.3) is 0 Å². The summed E-state index contributed by atoms with van der Waals surface area (Å²) in [6.45, 7) is 48.6. The first-order valence-corrected chi connectivity index (χ1v) is 51.8. The van der Waals surface area contributed by atoms with Gasteiger partial charge in [-0.2, -0.15) is 163 Å². The molecule has 0 saturated heterocycles.